The molecule has 0 heterocycles. The van der Waals surface area contributed by atoms with E-state index in [1.165, 1.54) is 0 Å². The Morgan fingerprint density at radius 3 is 2.43 bits per heavy atom. The average Bonchev–Trinajstić information content (AvgIpc) is 2.68. The van der Waals surface area contributed by atoms with E-state index in [2.05, 4.69) is 26.0 Å². The number of hydrogen-bond donors (Lipinski definition) is 2. The molecular weight excluding hydrogens is 400 g/mol. The van der Waals surface area contributed by atoms with Gasteiger partial charge in [-0.25, -0.2) is 0 Å². The van der Waals surface area contributed by atoms with E-state index in [1.54, 1.807) is 7.11 Å². The fourth-order valence-corrected chi connectivity index (χ4v) is 3.47. The summed E-state index contributed by atoms with van der Waals surface area (Å²) in [5.41, 5.74) is 2.35. The highest BCUT2D eigenvalue weighted by Crippen LogP contribution is 2.31. The van der Waals surface area contributed by atoms with E-state index in [-0.39, 0.29) is 12.4 Å². The van der Waals surface area contributed by atoms with Gasteiger partial charge in [0, 0.05) is 17.7 Å². The minimum atomic E-state index is -0.876. The second-order valence-corrected chi connectivity index (χ2v) is 7.74. The molecule has 0 aliphatic heterocycles. The molecule has 6 heteroatoms. The molecule has 0 aliphatic rings. The van der Waals surface area contributed by atoms with Crippen molar-refractivity contribution in [2.24, 2.45) is 5.92 Å². The SMILES string of the molecule is CCN(CC)C(C(=O)O)c1ccc(CC(=N)CCCC/C=C/C(C)C)cc1OC.Cl. The Bertz CT molecular complexity index is 685. The van der Waals surface area contributed by atoms with Crippen LogP contribution < -0.4 is 4.74 Å². The number of allylic oxidation sites excluding steroid dienone is 2. The first-order valence-corrected chi connectivity index (χ1v) is 10.7. The Kier molecular flexibility index (Phi) is 14.1. The van der Waals surface area contributed by atoms with Crippen LogP contribution in [0.4, 0.5) is 0 Å². The summed E-state index contributed by atoms with van der Waals surface area (Å²) in [6.45, 7) is 9.56. The zero-order chi connectivity index (χ0) is 21.8. The summed E-state index contributed by atoms with van der Waals surface area (Å²) < 4.78 is 5.51. The number of rotatable bonds is 14. The van der Waals surface area contributed by atoms with E-state index in [0.717, 1.165) is 31.2 Å². The molecule has 0 aromatic heterocycles. The van der Waals surface area contributed by atoms with Crippen molar-refractivity contribution in [1.29, 1.82) is 5.41 Å². The third-order valence-electron chi connectivity index (χ3n) is 5.04. The monoisotopic (exact) mass is 438 g/mol. The fourth-order valence-electron chi connectivity index (χ4n) is 3.47. The zero-order valence-electron chi connectivity index (χ0n) is 19.1. The number of carbonyl (C=O) groups is 1. The first-order valence-electron chi connectivity index (χ1n) is 10.7. The average molecular weight is 439 g/mol. The second kappa shape index (κ2) is 15.0. The number of nitrogens with one attached hydrogen (secondary N) is 1. The summed E-state index contributed by atoms with van der Waals surface area (Å²) >= 11 is 0. The summed E-state index contributed by atoms with van der Waals surface area (Å²) in [7, 11) is 1.57. The molecule has 30 heavy (non-hydrogen) atoms. The molecule has 1 aromatic rings. The fraction of sp³-hybridized carbons (Fsp3) is 0.583. The van der Waals surface area contributed by atoms with Gasteiger partial charge in [0.15, 0.2) is 0 Å². The van der Waals surface area contributed by atoms with Gasteiger partial charge >= 0.3 is 5.97 Å². The van der Waals surface area contributed by atoms with Crippen LogP contribution in [0.5, 0.6) is 5.75 Å². The highest BCUT2D eigenvalue weighted by atomic mass is 35.5. The molecule has 0 radical (unpaired) electrons. The number of likely N-dealkylation sites (N-methyl/N-ethyl adjacent to an activating group) is 1. The maximum absolute atomic E-state index is 11.9. The van der Waals surface area contributed by atoms with Crippen LogP contribution in [0, 0.1) is 11.3 Å². The summed E-state index contributed by atoms with van der Waals surface area (Å²) in [6, 6.07) is 4.92. The Morgan fingerprint density at radius 2 is 1.90 bits per heavy atom. The number of halogens is 1. The Morgan fingerprint density at radius 1 is 1.23 bits per heavy atom. The van der Waals surface area contributed by atoms with Gasteiger partial charge in [-0.3, -0.25) is 9.69 Å². The maximum Gasteiger partial charge on any atom is 0.325 e. The van der Waals surface area contributed by atoms with Crippen LogP contribution in [0.3, 0.4) is 0 Å². The molecule has 2 N–H and O–H groups in total. The minimum absolute atomic E-state index is 0. The first-order chi connectivity index (χ1) is 13.8. The number of ether oxygens (including phenoxy) is 1. The number of unbranched alkanes of at least 4 members (excludes halogenated alkanes) is 2. The third-order valence-corrected chi connectivity index (χ3v) is 5.04. The van der Waals surface area contributed by atoms with Crippen LogP contribution in [0.2, 0.25) is 0 Å². The van der Waals surface area contributed by atoms with E-state index in [9.17, 15) is 9.90 Å². The number of carboxylic acid groups (broad SMARTS) is 1. The van der Waals surface area contributed by atoms with Gasteiger partial charge < -0.3 is 15.3 Å². The Labute approximate surface area is 188 Å². The van der Waals surface area contributed by atoms with E-state index in [1.807, 2.05) is 36.9 Å². The summed E-state index contributed by atoms with van der Waals surface area (Å²) in [5, 5.41) is 18.0. The van der Waals surface area contributed by atoms with Crippen molar-refractivity contribution in [3.8, 4) is 5.75 Å². The van der Waals surface area contributed by atoms with Crippen LogP contribution in [-0.2, 0) is 11.2 Å². The first kappa shape index (κ1) is 28.1. The van der Waals surface area contributed by atoms with Crippen LogP contribution >= 0.6 is 12.4 Å². The lowest BCUT2D eigenvalue weighted by Gasteiger charge is -2.27. The molecule has 0 bridgehead atoms. The standard InChI is InChI=1S/C24H38N2O3.ClH/c1-6-26(7-2)23(24(27)28)21-15-14-19(17-22(21)29-5)16-20(25)13-11-9-8-10-12-18(3)4;/h10,12,14-15,17-18,23,25H,6-9,11,13,16H2,1-5H3,(H,27,28);1H/b12-10+,25-20?;. The van der Waals surface area contributed by atoms with Crippen molar-refractivity contribution in [1.82, 2.24) is 4.90 Å². The van der Waals surface area contributed by atoms with Crippen LogP contribution in [0.15, 0.2) is 30.4 Å². The van der Waals surface area contributed by atoms with Gasteiger partial charge in [-0.1, -0.05) is 52.0 Å². The van der Waals surface area contributed by atoms with Crippen molar-refractivity contribution in [2.75, 3.05) is 20.2 Å². The minimum Gasteiger partial charge on any atom is -0.496 e. The summed E-state index contributed by atoms with van der Waals surface area (Å²) in [5.74, 6) is 0.293. The summed E-state index contributed by atoms with van der Waals surface area (Å²) in [4.78, 5) is 13.8. The molecular formula is C24H39ClN2O3. The van der Waals surface area contributed by atoms with Crippen molar-refractivity contribution < 1.29 is 14.6 Å². The lowest BCUT2D eigenvalue weighted by molar-refractivity contribution is -0.143. The molecule has 0 amide bonds. The lowest BCUT2D eigenvalue weighted by atomic mass is 9.98. The second-order valence-electron chi connectivity index (χ2n) is 7.74. The molecule has 0 aliphatic carbocycles. The van der Waals surface area contributed by atoms with E-state index >= 15 is 0 Å². The van der Waals surface area contributed by atoms with E-state index in [0.29, 0.717) is 42.5 Å². The van der Waals surface area contributed by atoms with Gasteiger partial charge in [-0.2, -0.15) is 0 Å². The van der Waals surface area contributed by atoms with Gasteiger partial charge in [-0.05, 0) is 56.3 Å². The summed E-state index contributed by atoms with van der Waals surface area (Å²) in [6.07, 6.45) is 8.99. The highest BCUT2D eigenvalue weighted by molar-refractivity contribution is 5.85. The lowest BCUT2D eigenvalue weighted by Crippen LogP contribution is -2.34. The number of aliphatic carboxylic acids is 1. The van der Waals surface area contributed by atoms with Crippen LogP contribution in [0.25, 0.3) is 0 Å². The molecule has 1 aromatic carbocycles. The predicted octanol–water partition coefficient (Wildman–Crippen LogP) is 5.92. The largest absolute Gasteiger partial charge is 0.496 e. The Hall–Kier alpha value is -1.85. The highest BCUT2D eigenvalue weighted by Gasteiger charge is 2.28. The van der Waals surface area contributed by atoms with Gasteiger partial charge in [-0.15, -0.1) is 12.4 Å². The number of methoxy groups -OCH3 is 1. The molecule has 170 valence electrons. The van der Waals surface area contributed by atoms with Crippen molar-refractivity contribution >= 4 is 24.1 Å². The quantitative estimate of drug-likeness (QED) is 0.215. The smallest absolute Gasteiger partial charge is 0.325 e. The maximum atomic E-state index is 11.9. The van der Waals surface area contributed by atoms with Gasteiger partial charge in [0.05, 0.1) is 7.11 Å². The van der Waals surface area contributed by atoms with Crippen molar-refractivity contribution in [3.63, 3.8) is 0 Å². The predicted molar refractivity (Wildman–Crippen MR) is 127 cm³/mol. The molecule has 5 nitrogen and oxygen atoms in total. The molecule has 0 saturated carbocycles. The number of nitrogens with zero attached hydrogens (tertiary/aromatic N) is 1. The normalized spacial score (nSPS) is 12.2. The Balaban J connectivity index is 0.00000841. The topological polar surface area (TPSA) is 73.6 Å². The number of hydrogen-bond acceptors (Lipinski definition) is 4. The van der Waals surface area contributed by atoms with Crippen molar-refractivity contribution in [2.45, 2.75) is 65.8 Å². The number of benzene rings is 1. The molecule has 0 saturated heterocycles. The zero-order valence-corrected chi connectivity index (χ0v) is 19.9. The van der Waals surface area contributed by atoms with Gasteiger partial charge in [0.25, 0.3) is 0 Å². The molecule has 1 atom stereocenters. The molecule has 0 fully saturated rings. The number of carboxylic acids is 1. The van der Waals surface area contributed by atoms with E-state index < -0.39 is 12.0 Å². The van der Waals surface area contributed by atoms with E-state index in [4.69, 9.17) is 10.1 Å². The van der Waals surface area contributed by atoms with Crippen LogP contribution in [-0.4, -0.2) is 41.9 Å². The van der Waals surface area contributed by atoms with Gasteiger partial charge in [0.2, 0.25) is 0 Å². The molecule has 1 unspecified atom stereocenters. The molecule has 1 rings (SSSR count). The molecule has 0 spiro atoms. The van der Waals surface area contributed by atoms with Gasteiger partial charge in [0.1, 0.15) is 11.8 Å². The van der Waals surface area contributed by atoms with Crippen LogP contribution in [0.1, 0.15) is 70.5 Å². The third kappa shape index (κ3) is 9.31. The van der Waals surface area contributed by atoms with Crippen molar-refractivity contribution in [3.05, 3.63) is 41.5 Å².